The molecule has 0 bridgehead atoms. The predicted molar refractivity (Wildman–Crippen MR) is 74.4 cm³/mol. The molecular formula is C15H24N2. The van der Waals surface area contributed by atoms with Crippen LogP contribution >= 0.6 is 0 Å². The zero-order valence-corrected chi connectivity index (χ0v) is 10.8. The number of hydrogen-bond acceptors (Lipinski definition) is 2. The molecule has 3 N–H and O–H groups in total. The summed E-state index contributed by atoms with van der Waals surface area (Å²) in [6.07, 6.45) is 6.95. The van der Waals surface area contributed by atoms with Crippen LogP contribution in [0.2, 0.25) is 0 Å². The summed E-state index contributed by atoms with van der Waals surface area (Å²) in [5.74, 6) is 0.797. The van der Waals surface area contributed by atoms with Gasteiger partial charge in [0, 0.05) is 18.3 Å². The van der Waals surface area contributed by atoms with Crippen LogP contribution in [0.1, 0.15) is 50.5 Å². The van der Waals surface area contributed by atoms with Crippen molar-refractivity contribution in [2.75, 3.05) is 11.9 Å². The van der Waals surface area contributed by atoms with E-state index in [0.717, 1.165) is 12.5 Å². The van der Waals surface area contributed by atoms with Gasteiger partial charge in [0.15, 0.2) is 0 Å². The maximum atomic E-state index is 5.72. The van der Waals surface area contributed by atoms with Crippen molar-refractivity contribution < 1.29 is 0 Å². The summed E-state index contributed by atoms with van der Waals surface area (Å²) in [6.45, 7) is 2.85. The minimum absolute atomic E-state index is 0.202. The molecule has 94 valence electrons. The van der Waals surface area contributed by atoms with Gasteiger partial charge in [-0.1, -0.05) is 31.4 Å². The van der Waals surface area contributed by atoms with Gasteiger partial charge in [0.1, 0.15) is 0 Å². The highest BCUT2D eigenvalue weighted by molar-refractivity contribution is 5.45. The molecular weight excluding hydrogens is 208 g/mol. The van der Waals surface area contributed by atoms with Gasteiger partial charge < -0.3 is 11.1 Å². The van der Waals surface area contributed by atoms with Crippen molar-refractivity contribution in [2.24, 2.45) is 5.73 Å². The lowest BCUT2D eigenvalue weighted by Gasteiger charge is -2.22. The fraction of sp³-hybridized carbons (Fsp3) is 0.600. The molecule has 0 heterocycles. The Hall–Kier alpha value is -1.02. The van der Waals surface area contributed by atoms with Gasteiger partial charge in [0.05, 0.1) is 0 Å². The van der Waals surface area contributed by atoms with Crippen molar-refractivity contribution in [3.8, 4) is 0 Å². The molecule has 0 spiro atoms. The maximum absolute atomic E-state index is 5.72. The molecule has 1 aromatic carbocycles. The van der Waals surface area contributed by atoms with Crippen molar-refractivity contribution in [1.29, 1.82) is 0 Å². The van der Waals surface area contributed by atoms with Crippen LogP contribution in [-0.2, 0) is 0 Å². The zero-order chi connectivity index (χ0) is 12.1. The second-order valence-corrected chi connectivity index (χ2v) is 5.32. The first kappa shape index (κ1) is 12.4. The summed E-state index contributed by atoms with van der Waals surface area (Å²) < 4.78 is 0. The van der Waals surface area contributed by atoms with Crippen LogP contribution in [0.15, 0.2) is 24.3 Å². The SMILES string of the molecule is CC(N)CNc1ccc(C2CCCCC2)cc1. The number of benzene rings is 1. The second-order valence-electron chi connectivity index (χ2n) is 5.32. The fourth-order valence-electron chi connectivity index (χ4n) is 2.59. The molecule has 1 aliphatic carbocycles. The lowest BCUT2D eigenvalue weighted by Crippen LogP contribution is -2.25. The Labute approximate surface area is 105 Å². The maximum Gasteiger partial charge on any atom is 0.0340 e. The topological polar surface area (TPSA) is 38.0 Å². The molecule has 1 aromatic rings. The van der Waals surface area contributed by atoms with E-state index in [-0.39, 0.29) is 6.04 Å². The lowest BCUT2D eigenvalue weighted by molar-refractivity contribution is 0.443. The average molecular weight is 232 g/mol. The van der Waals surface area contributed by atoms with E-state index < -0.39 is 0 Å². The van der Waals surface area contributed by atoms with Crippen LogP contribution in [-0.4, -0.2) is 12.6 Å². The van der Waals surface area contributed by atoms with E-state index in [9.17, 15) is 0 Å². The van der Waals surface area contributed by atoms with Gasteiger partial charge in [-0.05, 0) is 43.4 Å². The normalized spacial score (nSPS) is 18.9. The van der Waals surface area contributed by atoms with Crippen molar-refractivity contribution >= 4 is 5.69 Å². The Morgan fingerprint density at radius 3 is 2.41 bits per heavy atom. The van der Waals surface area contributed by atoms with E-state index in [2.05, 4.69) is 29.6 Å². The number of rotatable bonds is 4. The second kappa shape index (κ2) is 6.06. The van der Waals surface area contributed by atoms with Crippen molar-refractivity contribution in [3.05, 3.63) is 29.8 Å². The summed E-state index contributed by atoms with van der Waals surface area (Å²) in [5, 5.41) is 3.35. The molecule has 2 rings (SSSR count). The largest absolute Gasteiger partial charge is 0.383 e. The minimum Gasteiger partial charge on any atom is -0.383 e. The van der Waals surface area contributed by atoms with Gasteiger partial charge in [0.2, 0.25) is 0 Å². The predicted octanol–water partition coefficient (Wildman–Crippen LogP) is 3.49. The van der Waals surface area contributed by atoms with Gasteiger partial charge in [-0.3, -0.25) is 0 Å². The molecule has 1 aliphatic rings. The van der Waals surface area contributed by atoms with Crippen molar-refractivity contribution in [1.82, 2.24) is 0 Å². The van der Waals surface area contributed by atoms with Gasteiger partial charge >= 0.3 is 0 Å². The van der Waals surface area contributed by atoms with E-state index >= 15 is 0 Å². The monoisotopic (exact) mass is 232 g/mol. The Balaban J connectivity index is 1.92. The van der Waals surface area contributed by atoms with Crippen LogP contribution < -0.4 is 11.1 Å². The molecule has 0 amide bonds. The number of nitrogens with one attached hydrogen (secondary N) is 1. The quantitative estimate of drug-likeness (QED) is 0.834. The summed E-state index contributed by atoms with van der Waals surface area (Å²) in [7, 11) is 0. The summed E-state index contributed by atoms with van der Waals surface area (Å²) in [4.78, 5) is 0. The molecule has 2 nitrogen and oxygen atoms in total. The van der Waals surface area contributed by atoms with Crippen molar-refractivity contribution in [2.45, 2.75) is 51.0 Å². The molecule has 0 aliphatic heterocycles. The first-order valence-corrected chi connectivity index (χ1v) is 6.85. The van der Waals surface area contributed by atoms with Gasteiger partial charge in [-0.2, -0.15) is 0 Å². The number of hydrogen-bond donors (Lipinski definition) is 2. The highest BCUT2D eigenvalue weighted by Gasteiger charge is 2.14. The van der Waals surface area contributed by atoms with Gasteiger partial charge in [0.25, 0.3) is 0 Å². The summed E-state index contributed by atoms with van der Waals surface area (Å²) in [6, 6.07) is 9.13. The van der Waals surface area contributed by atoms with E-state index in [1.807, 2.05) is 6.92 Å². The molecule has 1 saturated carbocycles. The molecule has 1 unspecified atom stereocenters. The summed E-state index contributed by atoms with van der Waals surface area (Å²) >= 11 is 0. The third kappa shape index (κ3) is 3.74. The lowest BCUT2D eigenvalue weighted by atomic mass is 9.84. The average Bonchev–Trinajstić information content (AvgIpc) is 2.38. The van der Waals surface area contributed by atoms with Crippen molar-refractivity contribution in [3.63, 3.8) is 0 Å². The fourth-order valence-corrected chi connectivity index (χ4v) is 2.59. The van der Waals surface area contributed by atoms with E-state index in [0.29, 0.717) is 0 Å². The first-order valence-electron chi connectivity index (χ1n) is 6.85. The minimum atomic E-state index is 0.202. The Kier molecular flexibility index (Phi) is 4.43. The number of anilines is 1. The summed E-state index contributed by atoms with van der Waals surface area (Å²) in [5.41, 5.74) is 8.42. The Bertz CT molecular complexity index is 323. The number of nitrogens with two attached hydrogens (primary N) is 1. The molecule has 1 fully saturated rings. The standard InChI is InChI=1S/C15H24N2/c1-12(16)11-17-15-9-7-14(8-10-15)13-5-3-2-4-6-13/h7-10,12-13,17H,2-6,11,16H2,1H3. The van der Waals surface area contributed by atoms with Crippen LogP contribution in [0.3, 0.4) is 0 Å². The first-order chi connectivity index (χ1) is 8.25. The van der Waals surface area contributed by atoms with Crippen LogP contribution in [0.25, 0.3) is 0 Å². The Morgan fingerprint density at radius 2 is 1.82 bits per heavy atom. The van der Waals surface area contributed by atoms with E-state index in [4.69, 9.17) is 5.73 Å². The molecule has 1 atom stereocenters. The van der Waals surface area contributed by atoms with E-state index in [1.165, 1.54) is 43.4 Å². The molecule has 0 saturated heterocycles. The van der Waals surface area contributed by atoms with Gasteiger partial charge in [-0.15, -0.1) is 0 Å². The zero-order valence-electron chi connectivity index (χ0n) is 10.8. The molecule has 0 aromatic heterocycles. The van der Waals surface area contributed by atoms with Crippen LogP contribution in [0, 0.1) is 0 Å². The van der Waals surface area contributed by atoms with Crippen LogP contribution in [0.5, 0.6) is 0 Å². The Morgan fingerprint density at radius 1 is 1.18 bits per heavy atom. The van der Waals surface area contributed by atoms with E-state index in [1.54, 1.807) is 0 Å². The smallest absolute Gasteiger partial charge is 0.0340 e. The highest BCUT2D eigenvalue weighted by atomic mass is 14.9. The molecule has 2 heteroatoms. The van der Waals surface area contributed by atoms with Crippen LogP contribution in [0.4, 0.5) is 5.69 Å². The highest BCUT2D eigenvalue weighted by Crippen LogP contribution is 2.32. The molecule has 0 radical (unpaired) electrons. The molecule has 17 heavy (non-hydrogen) atoms. The van der Waals surface area contributed by atoms with Gasteiger partial charge in [-0.25, -0.2) is 0 Å². The third-order valence-corrected chi connectivity index (χ3v) is 3.62. The third-order valence-electron chi connectivity index (χ3n) is 3.62.